The van der Waals surface area contributed by atoms with Crippen molar-refractivity contribution < 1.29 is 18.0 Å². The Balaban J connectivity index is 1.75. The van der Waals surface area contributed by atoms with E-state index in [1.807, 2.05) is 30.3 Å². The van der Waals surface area contributed by atoms with Crippen LogP contribution in [0, 0.1) is 5.92 Å². The number of hydrogen-bond acceptors (Lipinski definition) is 1. The molecule has 2 aromatic rings. The first kappa shape index (κ1) is 17.5. The van der Waals surface area contributed by atoms with Gasteiger partial charge in [-0.1, -0.05) is 48.9 Å². The highest BCUT2D eigenvalue weighted by Gasteiger charge is 2.31. The summed E-state index contributed by atoms with van der Waals surface area (Å²) in [7, 11) is 0. The first-order valence-corrected chi connectivity index (χ1v) is 8.42. The highest BCUT2D eigenvalue weighted by atomic mass is 19.4. The van der Waals surface area contributed by atoms with Gasteiger partial charge < -0.3 is 4.90 Å². The van der Waals surface area contributed by atoms with Gasteiger partial charge in [-0.3, -0.25) is 4.79 Å². The molecule has 2 aromatic carbocycles. The van der Waals surface area contributed by atoms with Crippen LogP contribution >= 0.6 is 0 Å². The van der Waals surface area contributed by atoms with Crippen LogP contribution < -0.4 is 0 Å². The molecule has 25 heavy (non-hydrogen) atoms. The van der Waals surface area contributed by atoms with Crippen molar-refractivity contribution in [1.29, 1.82) is 0 Å². The molecular formula is C20H20F3NO. The molecular weight excluding hydrogens is 327 g/mol. The lowest BCUT2D eigenvalue weighted by Gasteiger charge is -2.32. The van der Waals surface area contributed by atoms with Crippen LogP contribution in [0.3, 0.4) is 0 Å². The van der Waals surface area contributed by atoms with Crippen LogP contribution in [0.25, 0.3) is 0 Å². The third-order valence-corrected chi connectivity index (χ3v) is 4.64. The van der Waals surface area contributed by atoms with Crippen molar-refractivity contribution in [2.75, 3.05) is 0 Å². The van der Waals surface area contributed by atoms with E-state index in [2.05, 4.69) is 0 Å². The molecule has 0 bridgehead atoms. The summed E-state index contributed by atoms with van der Waals surface area (Å²) in [4.78, 5) is 14.5. The molecule has 0 radical (unpaired) electrons. The quantitative estimate of drug-likeness (QED) is 0.742. The molecule has 1 aliphatic rings. The van der Waals surface area contributed by atoms with Gasteiger partial charge in [-0.15, -0.1) is 0 Å². The van der Waals surface area contributed by atoms with Crippen molar-refractivity contribution >= 4 is 5.91 Å². The smallest absolute Gasteiger partial charge is 0.334 e. The molecule has 0 saturated heterocycles. The van der Waals surface area contributed by atoms with E-state index in [1.54, 1.807) is 4.90 Å². The number of benzene rings is 2. The molecule has 0 spiro atoms. The van der Waals surface area contributed by atoms with E-state index in [1.165, 1.54) is 12.1 Å². The molecule has 0 atom stereocenters. The predicted octanol–water partition coefficient (Wildman–Crippen LogP) is 5.03. The molecule has 1 aliphatic carbocycles. The Bertz CT molecular complexity index is 706. The molecule has 3 rings (SSSR count). The van der Waals surface area contributed by atoms with Crippen molar-refractivity contribution in [2.45, 2.75) is 38.5 Å². The third-order valence-electron chi connectivity index (χ3n) is 4.64. The number of carbonyl (C=O) groups excluding carboxylic acids is 1. The van der Waals surface area contributed by atoms with Crippen molar-refractivity contribution in [3.05, 3.63) is 71.3 Å². The van der Waals surface area contributed by atoms with Crippen molar-refractivity contribution in [3.8, 4) is 0 Å². The first-order valence-electron chi connectivity index (χ1n) is 8.42. The summed E-state index contributed by atoms with van der Waals surface area (Å²) in [5.74, 6) is 0.146. The zero-order valence-corrected chi connectivity index (χ0v) is 13.8. The Hall–Kier alpha value is -2.30. The second kappa shape index (κ2) is 7.30. The second-order valence-electron chi connectivity index (χ2n) is 6.50. The third kappa shape index (κ3) is 4.41. The first-order chi connectivity index (χ1) is 11.9. The monoisotopic (exact) mass is 347 g/mol. The summed E-state index contributed by atoms with van der Waals surface area (Å²) >= 11 is 0. The van der Waals surface area contributed by atoms with Crippen LogP contribution in [0.5, 0.6) is 0 Å². The van der Waals surface area contributed by atoms with Crippen molar-refractivity contribution in [3.63, 3.8) is 0 Å². The highest BCUT2D eigenvalue weighted by molar-refractivity contribution is 5.79. The Morgan fingerprint density at radius 3 is 1.96 bits per heavy atom. The van der Waals surface area contributed by atoms with Crippen LogP contribution in [-0.2, 0) is 24.1 Å². The Kier molecular flexibility index (Phi) is 5.11. The molecule has 2 nitrogen and oxygen atoms in total. The fraction of sp³-hybridized carbons (Fsp3) is 0.350. The van der Waals surface area contributed by atoms with E-state index in [-0.39, 0.29) is 11.8 Å². The molecule has 1 saturated carbocycles. The fourth-order valence-electron chi connectivity index (χ4n) is 2.95. The molecule has 0 N–H and O–H groups in total. The van der Waals surface area contributed by atoms with E-state index >= 15 is 0 Å². The van der Waals surface area contributed by atoms with Crippen LogP contribution in [0.1, 0.15) is 36.0 Å². The maximum absolute atomic E-state index is 12.7. The minimum absolute atomic E-state index is 0.0539. The Morgan fingerprint density at radius 2 is 1.48 bits per heavy atom. The molecule has 0 aromatic heterocycles. The van der Waals surface area contributed by atoms with Gasteiger partial charge in [0.15, 0.2) is 0 Å². The van der Waals surface area contributed by atoms with Gasteiger partial charge in [-0.2, -0.15) is 13.2 Å². The zero-order chi connectivity index (χ0) is 17.9. The van der Waals surface area contributed by atoms with E-state index in [0.717, 1.165) is 37.0 Å². The maximum Gasteiger partial charge on any atom is 0.416 e. The summed E-state index contributed by atoms with van der Waals surface area (Å²) in [6.45, 7) is 0.791. The van der Waals surface area contributed by atoms with E-state index in [4.69, 9.17) is 0 Å². The zero-order valence-electron chi connectivity index (χ0n) is 13.8. The van der Waals surface area contributed by atoms with Gasteiger partial charge in [0.1, 0.15) is 0 Å². The van der Waals surface area contributed by atoms with Gasteiger partial charge >= 0.3 is 6.18 Å². The normalized spacial score (nSPS) is 14.8. The molecule has 1 amide bonds. The average Bonchev–Trinajstić information content (AvgIpc) is 2.53. The molecule has 132 valence electrons. The van der Waals surface area contributed by atoms with E-state index < -0.39 is 11.7 Å². The highest BCUT2D eigenvalue weighted by Crippen LogP contribution is 2.31. The summed E-state index contributed by atoms with van der Waals surface area (Å²) in [5.41, 5.74) is 1.05. The summed E-state index contributed by atoms with van der Waals surface area (Å²) in [6, 6.07) is 14.7. The molecule has 0 unspecified atom stereocenters. The van der Waals surface area contributed by atoms with Crippen LogP contribution in [0.4, 0.5) is 13.2 Å². The Labute approximate surface area is 145 Å². The van der Waals surface area contributed by atoms with Gasteiger partial charge in [0.25, 0.3) is 0 Å². The lowest BCUT2D eigenvalue weighted by atomic mass is 9.84. The minimum atomic E-state index is -4.34. The largest absolute Gasteiger partial charge is 0.416 e. The lowest BCUT2D eigenvalue weighted by Crippen LogP contribution is -2.38. The van der Waals surface area contributed by atoms with Gasteiger partial charge in [-0.25, -0.2) is 0 Å². The van der Waals surface area contributed by atoms with Crippen LogP contribution in [0.15, 0.2) is 54.6 Å². The molecule has 1 fully saturated rings. The van der Waals surface area contributed by atoms with Crippen LogP contribution in [-0.4, -0.2) is 10.8 Å². The van der Waals surface area contributed by atoms with Crippen LogP contribution in [0.2, 0.25) is 0 Å². The van der Waals surface area contributed by atoms with Crippen molar-refractivity contribution in [2.24, 2.45) is 5.92 Å². The standard InChI is InChI=1S/C20H20F3NO/c21-20(22,23)18-11-9-16(10-12-18)14-24(19(25)17-7-4-8-17)13-15-5-2-1-3-6-15/h1-3,5-6,9-12,17H,4,7-8,13-14H2. The predicted molar refractivity (Wildman–Crippen MR) is 89.5 cm³/mol. The minimum Gasteiger partial charge on any atom is -0.334 e. The fourth-order valence-corrected chi connectivity index (χ4v) is 2.95. The molecule has 0 heterocycles. The Morgan fingerprint density at radius 1 is 0.920 bits per heavy atom. The molecule has 0 aliphatic heterocycles. The number of halogens is 3. The average molecular weight is 347 g/mol. The number of rotatable bonds is 5. The van der Waals surface area contributed by atoms with Gasteiger partial charge in [-0.05, 0) is 36.1 Å². The van der Waals surface area contributed by atoms with E-state index in [9.17, 15) is 18.0 Å². The summed E-state index contributed by atoms with van der Waals surface area (Å²) < 4.78 is 38.1. The SMILES string of the molecule is O=C(C1CCC1)N(Cc1ccccc1)Cc1ccc(C(F)(F)F)cc1. The van der Waals surface area contributed by atoms with Gasteiger partial charge in [0.2, 0.25) is 5.91 Å². The van der Waals surface area contributed by atoms with E-state index in [0.29, 0.717) is 18.7 Å². The number of carbonyl (C=O) groups is 1. The second-order valence-corrected chi connectivity index (χ2v) is 6.50. The number of amides is 1. The summed E-state index contributed by atoms with van der Waals surface area (Å²) in [6.07, 6.45) is -1.48. The van der Waals surface area contributed by atoms with Crippen molar-refractivity contribution in [1.82, 2.24) is 4.90 Å². The maximum atomic E-state index is 12.7. The van der Waals surface area contributed by atoms with Gasteiger partial charge in [0.05, 0.1) is 5.56 Å². The van der Waals surface area contributed by atoms with Gasteiger partial charge in [0, 0.05) is 19.0 Å². The topological polar surface area (TPSA) is 20.3 Å². The molecule has 5 heteroatoms. The number of nitrogens with zero attached hydrogens (tertiary/aromatic N) is 1. The number of alkyl halides is 3. The lowest BCUT2D eigenvalue weighted by molar-refractivity contribution is -0.140. The number of hydrogen-bond donors (Lipinski definition) is 0. The summed E-state index contributed by atoms with van der Waals surface area (Å²) in [5, 5.41) is 0.